The fourth-order valence-electron chi connectivity index (χ4n) is 3.02. The first-order valence-corrected chi connectivity index (χ1v) is 8.63. The van der Waals surface area contributed by atoms with Crippen LogP contribution in [0.15, 0.2) is 29.6 Å². The van der Waals surface area contributed by atoms with E-state index in [0.717, 1.165) is 25.2 Å². The Labute approximate surface area is 130 Å². The van der Waals surface area contributed by atoms with E-state index in [2.05, 4.69) is 41.5 Å². The summed E-state index contributed by atoms with van der Waals surface area (Å²) in [6, 6.07) is 8.80. The highest BCUT2D eigenvalue weighted by Crippen LogP contribution is 2.30. The van der Waals surface area contributed by atoms with E-state index in [1.807, 2.05) is 0 Å². The highest BCUT2D eigenvalue weighted by atomic mass is 32.1. The van der Waals surface area contributed by atoms with Crippen molar-refractivity contribution in [1.82, 2.24) is 4.98 Å². The standard InChI is InChI=1S/C17H23N3S/c1-13(17-19-15(8-9-18)12-21-17)11-20-10-4-6-14-5-2-3-7-16(14)20/h2-3,5,7,12-13H,4,6,8-11,18H2,1H3. The second-order valence-electron chi connectivity index (χ2n) is 5.80. The van der Waals surface area contributed by atoms with Gasteiger partial charge in [-0.3, -0.25) is 0 Å². The number of nitrogens with zero attached hydrogens (tertiary/aromatic N) is 2. The van der Waals surface area contributed by atoms with E-state index in [9.17, 15) is 0 Å². The molecule has 2 N–H and O–H groups in total. The summed E-state index contributed by atoms with van der Waals surface area (Å²) in [5.74, 6) is 0.465. The Kier molecular flexibility index (Phi) is 4.56. The summed E-state index contributed by atoms with van der Waals surface area (Å²) in [4.78, 5) is 7.25. The minimum absolute atomic E-state index is 0.465. The first kappa shape index (κ1) is 14.5. The number of anilines is 1. The highest BCUT2D eigenvalue weighted by Gasteiger charge is 2.20. The zero-order chi connectivity index (χ0) is 14.7. The van der Waals surface area contributed by atoms with Crippen LogP contribution in [0.3, 0.4) is 0 Å². The van der Waals surface area contributed by atoms with Crippen molar-refractivity contribution in [2.24, 2.45) is 5.73 Å². The lowest BCUT2D eigenvalue weighted by Crippen LogP contribution is -2.32. The molecule has 0 radical (unpaired) electrons. The van der Waals surface area contributed by atoms with Crippen LogP contribution in [0.5, 0.6) is 0 Å². The molecule has 1 unspecified atom stereocenters. The maximum Gasteiger partial charge on any atom is 0.0974 e. The Morgan fingerprint density at radius 2 is 2.24 bits per heavy atom. The van der Waals surface area contributed by atoms with Crippen LogP contribution in [0.1, 0.15) is 35.5 Å². The second-order valence-corrected chi connectivity index (χ2v) is 6.68. The van der Waals surface area contributed by atoms with E-state index in [4.69, 9.17) is 10.7 Å². The molecule has 112 valence electrons. The lowest BCUT2D eigenvalue weighted by atomic mass is 10.0. The van der Waals surface area contributed by atoms with E-state index >= 15 is 0 Å². The first-order valence-electron chi connectivity index (χ1n) is 7.75. The fourth-order valence-corrected chi connectivity index (χ4v) is 3.93. The molecule has 1 aromatic heterocycles. The molecule has 2 aromatic rings. The fraction of sp³-hybridized carbons (Fsp3) is 0.471. The van der Waals surface area contributed by atoms with Gasteiger partial charge >= 0.3 is 0 Å². The van der Waals surface area contributed by atoms with Crippen LogP contribution in [0.2, 0.25) is 0 Å². The molecular formula is C17H23N3S. The maximum absolute atomic E-state index is 5.60. The Hall–Kier alpha value is -1.39. The van der Waals surface area contributed by atoms with Gasteiger partial charge in [-0.2, -0.15) is 0 Å². The van der Waals surface area contributed by atoms with Crippen molar-refractivity contribution in [1.29, 1.82) is 0 Å². The van der Waals surface area contributed by atoms with Crippen LogP contribution in [0.25, 0.3) is 0 Å². The lowest BCUT2D eigenvalue weighted by molar-refractivity contribution is 0.636. The normalized spacial score (nSPS) is 15.8. The average molecular weight is 301 g/mol. The number of hydrogen-bond acceptors (Lipinski definition) is 4. The molecule has 1 aromatic carbocycles. The van der Waals surface area contributed by atoms with Crippen LogP contribution in [-0.2, 0) is 12.8 Å². The van der Waals surface area contributed by atoms with Crippen molar-refractivity contribution < 1.29 is 0 Å². The smallest absolute Gasteiger partial charge is 0.0974 e. The van der Waals surface area contributed by atoms with Crippen molar-refractivity contribution in [2.75, 3.05) is 24.5 Å². The number of thiazole rings is 1. The topological polar surface area (TPSA) is 42.2 Å². The average Bonchev–Trinajstić information content (AvgIpc) is 2.97. The zero-order valence-corrected chi connectivity index (χ0v) is 13.4. The van der Waals surface area contributed by atoms with Crippen molar-refractivity contribution in [3.05, 3.63) is 45.9 Å². The molecule has 0 bridgehead atoms. The molecule has 3 nitrogen and oxygen atoms in total. The summed E-state index contributed by atoms with van der Waals surface area (Å²) in [7, 11) is 0. The third-order valence-electron chi connectivity index (χ3n) is 4.09. The van der Waals surface area contributed by atoms with Crippen molar-refractivity contribution in [3.63, 3.8) is 0 Å². The van der Waals surface area contributed by atoms with Gasteiger partial charge in [-0.15, -0.1) is 11.3 Å². The molecule has 4 heteroatoms. The number of aromatic nitrogens is 1. The van der Waals surface area contributed by atoms with Crippen molar-refractivity contribution >= 4 is 17.0 Å². The number of hydrogen-bond donors (Lipinski definition) is 1. The Bertz CT molecular complexity index is 593. The van der Waals surface area contributed by atoms with Crippen LogP contribution < -0.4 is 10.6 Å². The number of rotatable bonds is 5. The third-order valence-corrected chi connectivity index (χ3v) is 5.22. The monoisotopic (exact) mass is 301 g/mol. The molecule has 0 aliphatic carbocycles. The molecule has 1 aliphatic rings. The van der Waals surface area contributed by atoms with Crippen LogP contribution >= 0.6 is 11.3 Å². The molecule has 0 fully saturated rings. The maximum atomic E-state index is 5.60. The Morgan fingerprint density at radius 1 is 1.38 bits per heavy atom. The molecule has 0 saturated heterocycles. The molecule has 2 heterocycles. The number of para-hydroxylation sites is 1. The quantitative estimate of drug-likeness (QED) is 0.922. The summed E-state index contributed by atoms with van der Waals surface area (Å²) in [6.45, 7) is 5.16. The van der Waals surface area contributed by atoms with Crippen LogP contribution in [0.4, 0.5) is 5.69 Å². The molecule has 0 amide bonds. The van der Waals surface area contributed by atoms with Gasteiger partial charge in [-0.05, 0) is 31.0 Å². The summed E-state index contributed by atoms with van der Waals surface area (Å²) in [6.07, 6.45) is 3.34. The van der Waals surface area contributed by atoms with Gasteiger partial charge in [-0.1, -0.05) is 25.1 Å². The SMILES string of the molecule is CC(CN1CCCc2ccccc21)c1nc(CCN)cs1. The van der Waals surface area contributed by atoms with Crippen LogP contribution in [0, 0.1) is 0 Å². The number of aryl methyl sites for hydroxylation is 1. The summed E-state index contributed by atoms with van der Waals surface area (Å²) in [5.41, 5.74) is 9.64. The number of fused-ring (bicyclic) bond motifs is 1. The van der Waals surface area contributed by atoms with Gasteiger partial charge in [0.05, 0.1) is 10.7 Å². The van der Waals surface area contributed by atoms with E-state index in [1.54, 1.807) is 11.3 Å². The van der Waals surface area contributed by atoms with Gasteiger partial charge in [0.2, 0.25) is 0 Å². The van der Waals surface area contributed by atoms with Gasteiger partial charge in [0.15, 0.2) is 0 Å². The van der Waals surface area contributed by atoms with E-state index in [1.165, 1.54) is 29.1 Å². The predicted octanol–water partition coefficient (Wildman–Crippen LogP) is 3.20. The van der Waals surface area contributed by atoms with Gasteiger partial charge in [0, 0.05) is 36.5 Å². The molecule has 0 saturated carbocycles. The highest BCUT2D eigenvalue weighted by molar-refractivity contribution is 7.09. The molecule has 21 heavy (non-hydrogen) atoms. The molecular weight excluding hydrogens is 278 g/mol. The van der Waals surface area contributed by atoms with Gasteiger partial charge < -0.3 is 10.6 Å². The lowest BCUT2D eigenvalue weighted by Gasteiger charge is -2.32. The van der Waals surface area contributed by atoms with Gasteiger partial charge in [0.25, 0.3) is 0 Å². The largest absolute Gasteiger partial charge is 0.371 e. The zero-order valence-electron chi connectivity index (χ0n) is 12.6. The number of nitrogens with two attached hydrogens (primary N) is 1. The Morgan fingerprint density at radius 3 is 3.10 bits per heavy atom. The minimum Gasteiger partial charge on any atom is -0.371 e. The summed E-state index contributed by atoms with van der Waals surface area (Å²) in [5, 5.41) is 3.39. The van der Waals surface area contributed by atoms with Crippen molar-refractivity contribution in [2.45, 2.75) is 32.1 Å². The minimum atomic E-state index is 0.465. The first-order chi connectivity index (χ1) is 10.3. The summed E-state index contributed by atoms with van der Waals surface area (Å²) >= 11 is 1.77. The Balaban J connectivity index is 1.71. The molecule has 3 rings (SSSR count). The van der Waals surface area contributed by atoms with Crippen LogP contribution in [-0.4, -0.2) is 24.6 Å². The summed E-state index contributed by atoms with van der Waals surface area (Å²) < 4.78 is 0. The third kappa shape index (κ3) is 3.27. The van der Waals surface area contributed by atoms with E-state index in [-0.39, 0.29) is 0 Å². The van der Waals surface area contributed by atoms with Gasteiger partial charge in [0.1, 0.15) is 0 Å². The predicted molar refractivity (Wildman–Crippen MR) is 90.3 cm³/mol. The van der Waals surface area contributed by atoms with Gasteiger partial charge in [-0.25, -0.2) is 4.98 Å². The van der Waals surface area contributed by atoms with Crippen molar-refractivity contribution in [3.8, 4) is 0 Å². The molecule has 1 atom stereocenters. The van der Waals surface area contributed by atoms with E-state index < -0.39 is 0 Å². The number of benzene rings is 1. The van der Waals surface area contributed by atoms with E-state index in [0.29, 0.717) is 12.5 Å². The second kappa shape index (κ2) is 6.58. The molecule has 1 aliphatic heterocycles. The molecule has 0 spiro atoms.